The lowest BCUT2D eigenvalue weighted by molar-refractivity contribution is 0.0137. The predicted molar refractivity (Wildman–Crippen MR) is 111 cm³/mol. The van der Waals surface area contributed by atoms with Crippen LogP contribution in [-0.4, -0.2) is 69.5 Å². The second-order valence-corrected chi connectivity index (χ2v) is 7.67. The number of piperazine rings is 1. The highest BCUT2D eigenvalue weighted by Crippen LogP contribution is 2.19. The number of hydrogen-bond acceptors (Lipinski definition) is 6. The Labute approximate surface area is 172 Å². The van der Waals surface area contributed by atoms with Gasteiger partial charge in [0.25, 0.3) is 0 Å². The molecular formula is C17H29IN6O2. The molecule has 0 bridgehead atoms. The first-order chi connectivity index (χ1) is 11.7. The lowest BCUT2D eigenvalue weighted by Gasteiger charge is -2.39. The number of rotatable bonds is 2. The fraction of sp³-hybridized carbons (Fsp3) is 0.706. The third-order valence-electron chi connectivity index (χ3n) is 4.63. The number of amides is 1. The Bertz CT molecular complexity index is 681. The number of fused-ring (bicyclic) bond motifs is 1. The Balaban J connectivity index is 0.00000243. The van der Waals surface area contributed by atoms with Crippen molar-refractivity contribution in [3.05, 3.63) is 17.5 Å². The van der Waals surface area contributed by atoms with Crippen LogP contribution in [-0.2, 0) is 18.3 Å². The first kappa shape index (κ1) is 20.8. The van der Waals surface area contributed by atoms with Crippen molar-refractivity contribution < 1.29 is 9.53 Å². The molecule has 1 aromatic heterocycles. The predicted octanol–water partition coefficient (Wildman–Crippen LogP) is 1.73. The molecule has 8 nitrogen and oxygen atoms in total. The zero-order chi connectivity index (χ0) is 18.2. The summed E-state index contributed by atoms with van der Waals surface area (Å²) in [7, 11) is 1.94. The average Bonchev–Trinajstić information content (AvgIpc) is 3.08. The maximum Gasteiger partial charge on any atom is 0.410 e. The Morgan fingerprint density at radius 2 is 2.12 bits per heavy atom. The summed E-state index contributed by atoms with van der Waals surface area (Å²) in [6, 6.07) is 0.221. The largest absolute Gasteiger partial charge is 0.444 e. The van der Waals surface area contributed by atoms with Crippen molar-refractivity contribution in [2.75, 3.05) is 26.2 Å². The molecule has 1 amide bonds. The third kappa shape index (κ3) is 4.60. The first-order valence-electron chi connectivity index (χ1n) is 8.75. The molecule has 0 aliphatic carbocycles. The molecule has 0 saturated carbocycles. The number of aryl methyl sites for hydroxylation is 1. The van der Waals surface area contributed by atoms with Crippen molar-refractivity contribution in [3.63, 3.8) is 0 Å². The lowest BCUT2D eigenvalue weighted by Crippen LogP contribution is -2.57. The summed E-state index contributed by atoms with van der Waals surface area (Å²) in [5.74, 6) is 0.914. The van der Waals surface area contributed by atoms with Gasteiger partial charge in [-0.3, -0.25) is 9.67 Å². The number of ether oxygens (including phenoxy) is 1. The number of nitrogens with one attached hydrogen (secondary N) is 1. The van der Waals surface area contributed by atoms with E-state index in [1.807, 2.05) is 38.7 Å². The summed E-state index contributed by atoms with van der Waals surface area (Å²) in [5, 5.41) is 7.69. The highest BCUT2D eigenvalue weighted by molar-refractivity contribution is 14.0. The average molecular weight is 476 g/mol. The molecule has 0 spiro atoms. The van der Waals surface area contributed by atoms with Crippen LogP contribution in [0.15, 0.2) is 11.2 Å². The fourth-order valence-corrected chi connectivity index (χ4v) is 3.11. The molecule has 3 rings (SSSR count). The van der Waals surface area contributed by atoms with Crippen LogP contribution < -0.4 is 5.32 Å². The molecule has 1 saturated heterocycles. The van der Waals surface area contributed by atoms with Gasteiger partial charge in [0.2, 0.25) is 0 Å². The maximum absolute atomic E-state index is 12.3. The van der Waals surface area contributed by atoms with Crippen LogP contribution in [0.25, 0.3) is 0 Å². The van der Waals surface area contributed by atoms with E-state index in [-0.39, 0.29) is 36.1 Å². The number of aliphatic imine (C=N–C) groups is 1. The molecule has 26 heavy (non-hydrogen) atoms. The molecule has 3 heterocycles. The van der Waals surface area contributed by atoms with Crippen LogP contribution >= 0.6 is 24.0 Å². The van der Waals surface area contributed by atoms with E-state index < -0.39 is 5.60 Å². The van der Waals surface area contributed by atoms with Crippen LogP contribution in [0.1, 0.15) is 32.0 Å². The highest BCUT2D eigenvalue weighted by Gasteiger charge is 2.36. The van der Waals surface area contributed by atoms with Gasteiger partial charge in [0.05, 0.1) is 18.8 Å². The van der Waals surface area contributed by atoms with E-state index >= 15 is 0 Å². The van der Waals surface area contributed by atoms with Crippen molar-refractivity contribution in [3.8, 4) is 0 Å². The van der Waals surface area contributed by atoms with Gasteiger partial charge in [-0.25, -0.2) is 4.79 Å². The van der Waals surface area contributed by atoms with E-state index in [9.17, 15) is 4.79 Å². The summed E-state index contributed by atoms with van der Waals surface area (Å²) < 4.78 is 7.35. The van der Waals surface area contributed by atoms with Gasteiger partial charge in [0.1, 0.15) is 5.60 Å². The van der Waals surface area contributed by atoms with Crippen molar-refractivity contribution in [2.24, 2.45) is 12.0 Å². The second-order valence-electron chi connectivity index (χ2n) is 7.67. The van der Waals surface area contributed by atoms with Gasteiger partial charge in [-0.05, 0) is 27.7 Å². The molecule has 0 aromatic carbocycles. The first-order valence-corrected chi connectivity index (χ1v) is 8.75. The lowest BCUT2D eigenvalue weighted by atomic mass is 10.2. The molecule has 1 unspecified atom stereocenters. The minimum Gasteiger partial charge on any atom is -0.444 e. The van der Waals surface area contributed by atoms with Gasteiger partial charge >= 0.3 is 6.09 Å². The van der Waals surface area contributed by atoms with Gasteiger partial charge < -0.3 is 19.9 Å². The van der Waals surface area contributed by atoms with Crippen LogP contribution in [0, 0.1) is 6.92 Å². The number of carbonyl (C=O) groups excluding carboxylic acids is 1. The van der Waals surface area contributed by atoms with E-state index in [1.165, 1.54) is 5.56 Å². The molecule has 1 N–H and O–H groups in total. The number of aromatic nitrogens is 2. The van der Waals surface area contributed by atoms with Gasteiger partial charge in [-0.1, -0.05) is 0 Å². The van der Waals surface area contributed by atoms with Gasteiger partial charge in [-0.2, -0.15) is 5.10 Å². The summed E-state index contributed by atoms with van der Waals surface area (Å²) in [6.45, 7) is 11.2. The zero-order valence-corrected chi connectivity index (χ0v) is 18.5. The number of guanidine groups is 1. The Morgan fingerprint density at radius 1 is 1.38 bits per heavy atom. The normalized spacial score (nSPS) is 19.6. The van der Waals surface area contributed by atoms with Crippen LogP contribution in [0.3, 0.4) is 0 Å². The van der Waals surface area contributed by atoms with E-state index in [2.05, 4.69) is 27.2 Å². The molecule has 2 aliphatic rings. The van der Waals surface area contributed by atoms with E-state index in [4.69, 9.17) is 4.74 Å². The molecule has 0 radical (unpaired) electrons. The van der Waals surface area contributed by atoms with Crippen molar-refractivity contribution in [2.45, 2.75) is 45.9 Å². The topological polar surface area (TPSA) is 75.0 Å². The van der Waals surface area contributed by atoms with Crippen LogP contribution in [0.4, 0.5) is 4.79 Å². The number of nitrogens with zero attached hydrogens (tertiary/aromatic N) is 5. The molecule has 2 aliphatic heterocycles. The third-order valence-corrected chi connectivity index (χ3v) is 4.63. The number of halogens is 1. The number of carbonyl (C=O) groups is 1. The van der Waals surface area contributed by atoms with Gasteiger partial charge in [0, 0.05) is 44.5 Å². The van der Waals surface area contributed by atoms with E-state index in [0.717, 1.165) is 18.2 Å². The Hall–Kier alpha value is -1.52. The minimum atomic E-state index is -0.464. The van der Waals surface area contributed by atoms with Crippen LogP contribution in [0.2, 0.25) is 0 Å². The molecule has 146 valence electrons. The van der Waals surface area contributed by atoms with Crippen molar-refractivity contribution >= 4 is 36.0 Å². The summed E-state index contributed by atoms with van der Waals surface area (Å²) in [6.07, 6.45) is 1.65. The van der Waals surface area contributed by atoms with Crippen LogP contribution in [0.5, 0.6) is 0 Å². The highest BCUT2D eigenvalue weighted by atomic mass is 127. The summed E-state index contributed by atoms with van der Waals surface area (Å²) in [5.41, 5.74) is 1.85. The molecular weight excluding hydrogens is 447 g/mol. The second kappa shape index (κ2) is 8.01. The quantitative estimate of drug-likeness (QED) is 0.659. The Kier molecular flexibility index (Phi) is 6.41. The standard InChI is InChI=1S/C17H28N6O2.HI/c1-12-13(9-20-21(12)5)8-18-15-19-10-14-11-22(6-7-23(14)15)16(24)25-17(2,3)4;/h9,14H,6-8,10-11H2,1-5H3,(H,18,19);1H. The SMILES string of the molecule is Cc1c(CNC2=NCC3CN(C(=O)OC(C)(C)C)CCN23)cnn1C.I. The fourth-order valence-electron chi connectivity index (χ4n) is 3.11. The summed E-state index contributed by atoms with van der Waals surface area (Å²) in [4.78, 5) is 20.9. The molecule has 1 atom stereocenters. The van der Waals surface area contributed by atoms with Crippen molar-refractivity contribution in [1.82, 2.24) is 24.9 Å². The maximum atomic E-state index is 12.3. The minimum absolute atomic E-state index is 0. The van der Waals surface area contributed by atoms with E-state index in [1.54, 1.807) is 4.90 Å². The van der Waals surface area contributed by atoms with Gasteiger partial charge in [0.15, 0.2) is 5.96 Å². The number of hydrogen-bond donors (Lipinski definition) is 1. The monoisotopic (exact) mass is 476 g/mol. The smallest absolute Gasteiger partial charge is 0.410 e. The van der Waals surface area contributed by atoms with Crippen molar-refractivity contribution in [1.29, 1.82) is 0 Å². The molecule has 1 aromatic rings. The summed E-state index contributed by atoms with van der Waals surface area (Å²) >= 11 is 0. The zero-order valence-electron chi connectivity index (χ0n) is 16.2. The molecule has 9 heteroatoms. The van der Waals surface area contributed by atoms with Gasteiger partial charge in [-0.15, -0.1) is 24.0 Å². The van der Waals surface area contributed by atoms with E-state index in [0.29, 0.717) is 26.2 Å². The Morgan fingerprint density at radius 3 is 2.73 bits per heavy atom. The molecule has 1 fully saturated rings.